The summed E-state index contributed by atoms with van der Waals surface area (Å²) in [6.07, 6.45) is 8.37. The van der Waals surface area contributed by atoms with Gasteiger partial charge in [0.05, 0.1) is 12.5 Å². The lowest BCUT2D eigenvalue weighted by Gasteiger charge is -2.21. The Labute approximate surface area is 126 Å². The van der Waals surface area contributed by atoms with Gasteiger partial charge < -0.3 is 9.84 Å². The van der Waals surface area contributed by atoms with Gasteiger partial charge in [0.25, 0.3) is 0 Å². The number of carbonyl (C=O) groups is 1. The van der Waals surface area contributed by atoms with Gasteiger partial charge in [-0.15, -0.1) is 0 Å². The van der Waals surface area contributed by atoms with Crippen LogP contribution in [0.15, 0.2) is 18.2 Å². The second kappa shape index (κ2) is 6.50. The molecule has 0 bridgehead atoms. The van der Waals surface area contributed by atoms with E-state index in [9.17, 15) is 9.90 Å². The quantitative estimate of drug-likeness (QED) is 0.856. The molecule has 0 aromatic heterocycles. The van der Waals surface area contributed by atoms with E-state index in [0.717, 1.165) is 50.9 Å². The van der Waals surface area contributed by atoms with E-state index in [-0.39, 0.29) is 5.92 Å². The van der Waals surface area contributed by atoms with Crippen LogP contribution in [-0.4, -0.2) is 17.7 Å². The zero-order chi connectivity index (χ0) is 14.7. The van der Waals surface area contributed by atoms with Crippen molar-refractivity contribution in [3.63, 3.8) is 0 Å². The van der Waals surface area contributed by atoms with Crippen molar-refractivity contribution in [3.8, 4) is 5.75 Å². The maximum absolute atomic E-state index is 11.5. The van der Waals surface area contributed by atoms with E-state index >= 15 is 0 Å². The molecule has 0 amide bonds. The Morgan fingerprint density at radius 3 is 2.95 bits per heavy atom. The van der Waals surface area contributed by atoms with Gasteiger partial charge in [-0.1, -0.05) is 31.4 Å². The zero-order valence-electron chi connectivity index (χ0n) is 12.5. The highest BCUT2D eigenvalue weighted by atomic mass is 16.5. The maximum atomic E-state index is 11.5. The lowest BCUT2D eigenvalue weighted by molar-refractivity contribution is -0.144. The fraction of sp³-hybridized carbons (Fsp3) is 0.611. The van der Waals surface area contributed by atoms with E-state index in [4.69, 9.17) is 4.74 Å². The number of ether oxygens (including phenoxy) is 1. The van der Waals surface area contributed by atoms with E-state index in [1.807, 2.05) is 0 Å². The third kappa shape index (κ3) is 3.39. The summed E-state index contributed by atoms with van der Waals surface area (Å²) in [5.41, 5.74) is 2.63. The number of hydrogen-bond donors (Lipinski definition) is 1. The number of fused-ring (bicyclic) bond motifs is 1. The van der Waals surface area contributed by atoms with Crippen molar-refractivity contribution >= 4 is 5.97 Å². The fourth-order valence-electron chi connectivity index (χ4n) is 3.80. The fourth-order valence-corrected chi connectivity index (χ4v) is 3.80. The average Bonchev–Trinajstić information content (AvgIpc) is 2.80. The summed E-state index contributed by atoms with van der Waals surface area (Å²) >= 11 is 0. The van der Waals surface area contributed by atoms with Crippen LogP contribution in [0.5, 0.6) is 5.75 Å². The molecule has 0 radical (unpaired) electrons. The lowest BCUT2D eigenvalue weighted by atomic mass is 9.83. The Morgan fingerprint density at radius 2 is 2.10 bits per heavy atom. The van der Waals surface area contributed by atoms with Crippen molar-refractivity contribution in [1.29, 1.82) is 0 Å². The van der Waals surface area contributed by atoms with Crippen molar-refractivity contribution in [1.82, 2.24) is 0 Å². The van der Waals surface area contributed by atoms with Crippen LogP contribution in [0.4, 0.5) is 0 Å². The molecule has 1 aromatic rings. The molecule has 1 heterocycles. The molecule has 3 rings (SSSR count). The molecule has 2 atom stereocenters. The largest absolute Gasteiger partial charge is 0.493 e. The number of carboxylic acids is 1. The summed E-state index contributed by atoms with van der Waals surface area (Å²) in [5.74, 6) is 0.639. The SMILES string of the molecule is O=C(O)C1CCCCCC1CCc1ccc2c(c1)CCO2. The number of aryl methyl sites for hydroxylation is 1. The Morgan fingerprint density at radius 1 is 1.24 bits per heavy atom. The number of hydrogen-bond acceptors (Lipinski definition) is 2. The minimum absolute atomic E-state index is 0.134. The van der Waals surface area contributed by atoms with Gasteiger partial charge in [-0.25, -0.2) is 0 Å². The summed E-state index contributed by atoms with van der Waals surface area (Å²) in [4.78, 5) is 11.5. The van der Waals surface area contributed by atoms with Crippen molar-refractivity contribution in [2.75, 3.05) is 6.61 Å². The molecule has 2 unspecified atom stereocenters. The zero-order valence-corrected chi connectivity index (χ0v) is 12.5. The van der Waals surface area contributed by atoms with Gasteiger partial charge in [0.1, 0.15) is 5.75 Å². The Hall–Kier alpha value is -1.51. The van der Waals surface area contributed by atoms with Gasteiger partial charge >= 0.3 is 5.97 Å². The van der Waals surface area contributed by atoms with E-state index < -0.39 is 5.97 Å². The van der Waals surface area contributed by atoms with Crippen molar-refractivity contribution in [2.24, 2.45) is 11.8 Å². The van der Waals surface area contributed by atoms with Crippen LogP contribution < -0.4 is 4.74 Å². The first kappa shape index (κ1) is 14.4. The second-order valence-electron chi connectivity index (χ2n) is 6.42. The van der Waals surface area contributed by atoms with E-state index in [1.54, 1.807) is 0 Å². The summed E-state index contributed by atoms with van der Waals surface area (Å²) in [5, 5.41) is 9.44. The average molecular weight is 288 g/mol. The molecule has 1 aromatic carbocycles. The Bertz CT molecular complexity index is 509. The summed E-state index contributed by atoms with van der Waals surface area (Å²) in [6, 6.07) is 6.45. The van der Waals surface area contributed by atoms with Crippen LogP contribution in [0.2, 0.25) is 0 Å². The molecule has 3 heteroatoms. The number of benzene rings is 1. The monoisotopic (exact) mass is 288 g/mol. The minimum atomic E-state index is -0.593. The van der Waals surface area contributed by atoms with Crippen LogP contribution >= 0.6 is 0 Å². The molecule has 21 heavy (non-hydrogen) atoms. The highest BCUT2D eigenvalue weighted by Gasteiger charge is 2.29. The second-order valence-corrected chi connectivity index (χ2v) is 6.42. The van der Waals surface area contributed by atoms with Crippen molar-refractivity contribution in [2.45, 2.75) is 51.4 Å². The van der Waals surface area contributed by atoms with Crippen molar-refractivity contribution in [3.05, 3.63) is 29.3 Å². The molecule has 0 saturated heterocycles. The first-order valence-electron chi connectivity index (χ1n) is 8.21. The lowest BCUT2D eigenvalue weighted by Crippen LogP contribution is -2.23. The molecule has 1 N–H and O–H groups in total. The Balaban J connectivity index is 1.63. The summed E-state index contributed by atoms with van der Waals surface area (Å²) in [6.45, 7) is 0.794. The molecule has 3 nitrogen and oxygen atoms in total. The van der Waals surface area contributed by atoms with E-state index in [1.165, 1.54) is 24.0 Å². The van der Waals surface area contributed by atoms with Crippen LogP contribution in [0.25, 0.3) is 0 Å². The molecule has 1 fully saturated rings. The molecule has 1 saturated carbocycles. The van der Waals surface area contributed by atoms with E-state index in [2.05, 4.69) is 18.2 Å². The van der Waals surface area contributed by atoms with Gasteiger partial charge in [0.15, 0.2) is 0 Å². The van der Waals surface area contributed by atoms with Crippen LogP contribution in [0, 0.1) is 11.8 Å². The standard InChI is InChI=1S/C18H24O3/c19-18(20)16-5-3-1-2-4-14(16)8-6-13-7-9-17-15(12-13)10-11-21-17/h7,9,12,14,16H,1-6,8,10-11H2,(H,19,20). The topological polar surface area (TPSA) is 46.5 Å². The molecule has 2 aliphatic rings. The smallest absolute Gasteiger partial charge is 0.306 e. The molecule has 114 valence electrons. The van der Waals surface area contributed by atoms with Gasteiger partial charge in [0, 0.05) is 6.42 Å². The van der Waals surface area contributed by atoms with Gasteiger partial charge in [0.2, 0.25) is 0 Å². The Kier molecular flexibility index (Phi) is 4.47. The predicted octanol–water partition coefficient (Wildman–Crippen LogP) is 3.84. The maximum Gasteiger partial charge on any atom is 0.306 e. The predicted molar refractivity (Wildman–Crippen MR) is 81.7 cm³/mol. The summed E-state index contributed by atoms with van der Waals surface area (Å²) in [7, 11) is 0. The first-order chi connectivity index (χ1) is 10.2. The molecular weight excluding hydrogens is 264 g/mol. The first-order valence-corrected chi connectivity index (χ1v) is 8.21. The normalized spacial score (nSPS) is 25.0. The van der Waals surface area contributed by atoms with Crippen LogP contribution in [-0.2, 0) is 17.6 Å². The molecule has 0 spiro atoms. The highest BCUT2D eigenvalue weighted by molar-refractivity contribution is 5.70. The molecule has 1 aliphatic heterocycles. The van der Waals surface area contributed by atoms with Gasteiger partial charge in [-0.2, -0.15) is 0 Å². The number of aliphatic carboxylic acids is 1. The number of rotatable bonds is 4. The third-order valence-corrected chi connectivity index (χ3v) is 5.03. The molecule has 1 aliphatic carbocycles. The third-order valence-electron chi connectivity index (χ3n) is 5.03. The van der Waals surface area contributed by atoms with E-state index in [0.29, 0.717) is 5.92 Å². The van der Waals surface area contributed by atoms with Crippen LogP contribution in [0.3, 0.4) is 0 Å². The summed E-state index contributed by atoms with van der Waals surface area (Å²) < 4.78 is 5.54. The van der Waals surface area contributed by atoms with Crippen LogP contribution in [0.1, 0.15) is 49.7 Å². The van der Waals surface area contributed by atoms with Gasteiger partial charge in [-0.3, -0.25) is 4.79 Å². The highest BCUT2D eigenvalue weighted by Crippen LogP contribution is 2.33. The minimum Gasteiger partial charge on any atom is -0.493 e. The van der Waals surface area contributed by atoms with Crippen molar-refractivity contribution < 1.29 is 14.6 Å². The number of carboxylic acid groups (broad SMARTS) is 1. The molecular formula is C18H24O3. The van der Waals surface area contributed by atoms with Gasteiger partial charge in [-0.05, 0) is 48.8 Å².